The summed E-state index contributed by atoms with van der Waals surface area (Å²) in [5.74, 6) is -0.183. The number of methoxy groups -OCH3 is 1. The molecule has 2 unspecified atom stereocenters. The molecule has 35 heavy (non-hydrogen) atoms. The number of aromatic nitrogens is 2. The van der Waals surface area contributed by atoms with Crippen LogP contribution in [0.5, 0.6) is 0 Å². The normalized spacial score (nSPS) is 20.6. The highest BCUT2D eigenvalue weighted by molar-refractivity contribution is 7.80. The van der Waals surface area contributed by atoms with E-state index in [1.807, 2.05) is 42.6 Å². The van der Waals surface area contributed by atoms with E-state index in [1.54, 1.807) is 0 Å². The molecule has 0 spiro atoms. The summed E-state index contributed by atoms with van der Waals surface area (Å²) < 4.78 is 7.37. The predicted molar refractivity (Wildman–Crippen MR) is 141 cm³/mol. The van der Waals surface area contributed by atoms with Gasteiger partial charge in [-0.3, -0.25) is 9.78 Å². The fourth-order valence-electron chi connectivity index (χ4n) is 5.32. The first-order valence-electron chi connectivity index (χ1n) is 12.2. The number of ether oxygens (including phenoxy) is 1. The number of thiocarbonyl (C=S) groups is 1. The van der Waals surface area contributed by atoms with Gasteiger partial charge in [-0.1, -0.05) is 25.3 Å². The van der Waals surface area contributed by atoms with Crippen LogP contribution in [-0.2, 0) is 9.53 Å². The first-order chi connectivity index (χ1) is 17.2. The van der Waals surface area contributed by atoms with Gasteiger partial charge in [0.25, 0.3) is 0 Å². The van der Waals surface area contributed by atoms with Crippen molar-refractivity contribution in [1.82, 2.24) is 14.9 Å². The van der Waals surface area contributed by atoms with E-state index in [0.29, 0.717) is 11.2 Å². The van der Waals surface area contributed by atoms with Crippen molar-refractivity contribution >= 4 is 34.6 Å². The van der Waals surface area contributed by atoms with Gasteiger partial charge in [-0.05, 0) is 73.6 Å². The number of carbonyl (C=O) groups is 1. The number of benzene rings is 1. The lowest BCUT2D eigenvalue weighted by atomic mass is 9.94. The topological polar surface area (TPSA) is 71.4 Å². The van der Waals surface area contributed by atoms with Gasteiger partial charge in [0.2, 0.25) is 5.91 Å². The summed E-state index contributed by atoms with van der Waals surface area (Å²) >= 11 is 5.88. The molecule has 0 radical (unpaired) electrons. The van der Waals surface area contributed by atoms with Gasteiger partial charge in [-0.15, -0.1) is 0 Å². The summed E-state index contributed by atoms with van der Waals surface area (Å²) in [4.78, 5) is 18.8. The van der Waals surface area contributed by atoms with Gasteiger partial charge in [0, 0.05) is 42.6 Å². The molecule has 5 rings (SSSR count). The van der Waals surface area contributed by atoms with Crippen molar-refractivity contribution < 1.29 is 9.53 Å². The number of amides is 1. The van der Waals surface area contributed by atoms with Gasteiger partial charge in [0.05, 0.1) is 11.7 Å². The Balaban J connectivity index is 1.51. The Bertz CT molecular complexity index is 1160. The minimum Gasteiger partial charge on any atom is -0.375 e. The Kier molecular flexibility index (Phi) is 7.11. The maximum atomic E-state index is 11.9. The number of anilines is 2. The zero-order valence-electron chi connectivity index (χ0n) is 19.9. The molecule has 1 aromatic carbocycles. The van der Waals surface area contributed by atoms with Crippen molar-refractivity contribution in [2.24, 2.45) is 0 Å². The Hall–Kier alpha value is -3.23. The van der Waals surface area contributed by atoms with Crippen LogP contribution in [-0.4, -0.2) is 34.3 Å². The smallest absolute Gasteiger partial charge is 0.250 e. The van der Waals surface area contributed by atoms with Gasteiger partial charge < -0.3 is 24.8 Å². The highest BCUT2D eigenvalue weighted by Crippen LogP contribution is 2.43. The average molecular weight is 490 g/mol. The Morgan fingerprint density at radius 3 is 2.63 bits per heavy atom. The maximum Gasteiger partial charge on any atom is 0.250 e. The lowest BCUT2D eigenvalue weighted by Crippen LogP contribution is -2.31. The molecule has 8 heteroatoms. The molecule has 2 atom stereocenters. The molecule has 1 aliphatic heterocycles. The summed E-state index contributed by atoms with van der Waals surface area (Å²) in [6.07, 6.45) is 10.3. The minimum atomic E-state index is -0.183. The van der Waals surface area contributed by atoms with Crippen LogP contribution in [0.2, 0.25) is 0 Å². The first-order valence-corrected chi connectivity index (χ1v) is 12.6. The molecule has 2 aliphatic rings. The molecule has 2 aromatic heterocycles. The summed E-state index contributed by atoms with van der Waals surface area (Å²) in [5.41, 5.74) is 3.88. The van der Waals surface area contributed by atoms with E-state index in [9.17, 15) is 4.79 Å². The fraction of sp³-hybridized carbons (Fsp3) is 0.370. The maximum absolute atomic E-state index is 11.9. The van der Waals surface area contributed by atoms with E-state index >= 15 is 0 Å². The van der Waals surface area contributed by atoms with Gasteiger partial charge >= 0.3 is 0 Å². The highest BCUT2D eigenvalue weighted by Gasteiger charge is 2.42. The average Bonchev–Trinajstić information content (AvgIpc) is 3.50. The molecule has 0 bridgehead atoms. The van der Waals surface area contributed by atoms with Crippen LogP contribution in [0.3, 0.4) is 0 Å². The van der Waals surface area contributed by atoms with Crippen LogP contribution < -0.4 is 15.5 Å². The molecule has 3 aromatic rings. The molecular weight excluding hydrogens is 458 g/mol. The Morgan fingerprint density at radius 2 is 1.91 bits per heavy atom. The van der Waals surface area contributed by atoms with Crippen LogP contribution in [0.25, 0.3) is 0 Å². The number of nitrogens with one attached hydrogen (secondary N) is 2. The fourth-order valence-corrected chi connectivity index (χ4v) is 5.66. The zero-order chi connectivity index (χ0) is 24.2. The molecule has 3 heterocycles. The Labute approximate surface area is 211 Å². The number of hydrogen-bond donors (Lipinski definition) is 2. The van der Waals surface area contributed by atoms with Crippen molar-refractivity contribution in [2.45, 2.75) is 50.2 Å². The van der Waals surface area contributed by atoms with Crippen molar-refractivity contribution in [2.75, 3.05) is 23.9 Å². The van der Waals surface area contributed by atoms with E-state index in [0.717, 1.165) is 17.1 Å². The lowest BCUT2D eigenvalue weighted by Gasteiger charge is -2.32. The summed E-state index contributed by atoms with van der Waals surface area (Å²) in [6.45, 7) is 0.0217. The van der Waals surface area contributed by atoms with Gasteiger partial charge in [-0.2, -0.15) is 0 Å². The highest BCUT2D eigenvalue weighted by atomic mass is 32.1. The van der Waals surface area contributed by atoms with Gasteiger partial charge in [0.1, 0.15) is 12.6 Å². The van der Waals surface area contributed by atoms with Gasteiger partial charge in [-0.25, -0.2) is 0 Å². The second kappa shape index (κ2) is 10.6. The largest absolute Gasteiger partial charge is 0.375 e. The molecule has 1 aliphatic carbocycles. The standard InChI is InChI=1S/C27H31N5O2S/c1-34-18-24(33)29-19-12-14-21(15-13-19)32-26(25(30-27(32)35)22-10-5-6-16-28-22)23-11-7-17-31(23)20-8-3-2-4-9-20/h5-7,10-17,20,25-26H,2-4,8-9,18H2,1H3,(H,29,33)(H,30,35). The van der Waals surface area contributed by atoms with Crippen molar-refractivity contribution in [3.05, 3.63) is 78.4 Å². The summed E-state index contributed by atoms with van der Waals surface area (Å²) in [5, 5.41) is 7.06. The van der Waals surface area contributed by atoms with Crippen LogP contribution in [0.1, 0.15) is 61.6 Å². The van der Waals surface area contributed by atoms with Crippen molar-refractivity contribution in [3.8, 4) is 0 Å². The molecule has 182 valence electrons. The lowest BCUT2D eigenvalue weighted by molar-refractivity contribution is -0.119. The van der Waals surface area contributed by atoms with Crippen LogP contribution in [0.15, 0.2) is 67.0 Å². The second-order valence-electron chi connectivity index (χ2n) is 9.16. The third-order valence-corrected chi connectivity index (χ3v) is 7.20. The quantitative estimate of drug-likeness (QED) is 0.447. The molecule has 1 saturated carbocycles. The molecular formula is C27H31N5O2S. The number of hydrogen-bond acceptors (Lipinski definition) is 4. The summed E-state index contributed by atoms with van der Waals surface area (Å²) in [6, 6.07) is 18.5. The second-order valence-corrected chi connectivity index (χ2v) is 9.54. The molecule has 7 nitrogen and oxygen atoms in total. The van der Waals surface area contributed by atoms with E-state index in [-0.39, 0.29) is 24.6 Å². The zero-order valence-corrected chi connectivity index (χ0v) is 20.7. The van der Waals surface area contributed by atoms with Crippen LogP contribution in [0.4, 0.5) is 11.4 Å². The molecule has 1 saturated heterocycles. The van der Waals surface area contributed by atoms with E-state index in [4.69, 9.17) is 17.0 Å². The molecule has 1 amide bonds. The third kappa shape index (κ3) is 4.94. The number of nitrogens with zero attached hydrogens (tertiary/aromatic N) is 3. The number of pyridine rings is 1. The molecule has 2 N–H and O–H groups in total. The third-order valence-electron chi connectivity index (χ3n) is 6.89. The van der Waals surface area contributed by atoms with E-state index in [2.05, 4.69) is 49.5 Å². The van der Waals surface area contributed by atoms with E-state index < -0.39 is 0 Å². The van der Waals surface area contributed by atoms with Crippen LogP contribution in [0, 0.1) is 0 Å². The summed E-state index contributed by atoms with van der Waals surface area (Å²) in [7, 11) is 1.51. The Morgan fingerprint density at radius 1 is 1.11 bits per heavy atom. The SMILES string of the molecule is COCC(=O)Nc1ccc(N2C(=S)NC(c3ccccn3)C2c2cccn2C2CCCCC2)cc1. The number of carbonyl (C=O) groups excluding carboxylic acids is 1. The predicted octanol–water partition coefficient (Wildman–Crippen LogP) is 5.15. The van der Waals surface area contributed by atoms with Crippen LogP contribution >= 0.6 is 12.2 Å². The first kappa shape index (κ1) is 23.5. The molecule has 2 fully saturated rings. The minimum absolute atomic E-state index is 0.0217. The van der Waals surface area contributed by atoms with E-state index in [1.165, 1.54) is 44.9 Å². The monoisotopic (exact) mass is 489 g/mol. The van der Waals surface area contributed by atoms with Gasteiger partial charge in [0.15, 0.2) is 5.11 Å². The number of rotatable bonds is 7. The van der Waals surface area contributed by atoms with Crippen molar-refractivity contribution in [3.63, 3.8) is 0 Å². The van der Waals surface area contributed by atoms with Crippen molar-refractivity contribution in [1.29, 1.82) is 0 Å².